The molecular weight excluding hydrogens is 496 g/mol. The van der Waals surface area contributed by atoms with Crippen molar-refractivity contribution in [2.24, 2.45) is 0 Å². The van der Waals surface area contributed by atoms with Crippen LogP contribution < -0.4 is 14.4 Å². The van der Waals surface area contributed by atoms with Crippen molar-refractivity contribution in [2.45, 2.75) is 13.0 Å². The van der Waals surface area contributed by atoms with Crippen molar-refractivity contribution in [3.8, 4) is 17.2 Å². The lowest BCUT2D eigenvalue weighted by Crippen LogP contribution is -2.29. The maximum absolute atomic E-state index is 14.1. The molecule has 4 rings (SSSR count). The number of ether oxygens (including phenoxy) is 2. The summed E-state index contributed by atoms with van der Waals surface area (Å²) in [5.74, 6) is -5.28. The molecule has 0 saturated carbocycles. The molecule has 1 fully saturated rings. The lowest BCUT2D eigenvalue weighted by molar-refractivity contribution is -0.132. The van der Waals surface area contributed by atoms with Crippen LogP contribution in [0.15, 0.2) is 54.1 Å². The van der Waals surface area contributed by atoms with Crippen molar-refractivity contribution in [3.05, 3.63) is 87.5 Å². The molecule has 3 aromatic rings. The Morgan fingerprint density at radius 1 is 1.00 bits per heavy atom. The summed E-state index contributed by atoms with van der Waals surface area (Å²) < 4.78 is 38.1. The molecule has 1 aliphatic rings. The number of ketones is 1. The van der Waals surface area contributed by atoms with Gasteiger partial charge in [0.1, 0.15) is 11.5 Å². The van der Waals surface area contributed by atoms with Gasteiger partial charge in [-0.25, -0.2) is 8.78 Å². The molecule has 0 bridgehead atoms. The number of amides is 1. The van der Waals surface area contributed by atoms with Gasteiger partial charge in [0.2, 0.25) is 0 Å². The highest BCUT2D eigenvalue weighted by Crippen LogP contribution is 2.46. The van der Waals surface area contributed by atoms with E-state index in [1.54, 1.807) is 13.0 Å². The third-order valence-electron chi connectivity index (χ3n) is 5.79. The Morgan fingerprint density at radius 2 is 1.72 bits per heavy atom. The number of aliphatic hydroxyl groups is 1. The normalized spacial score (nSPS) is 16.9. The van der Waals surface area contributed by atoms with E-state index in [2.05, 4.69) is 0 Å². The Hall–Kier alpha value is -4.11. The summed E-state index contributed by atoms with van der Waals surface area (Å²) in [6.07, 6.45) is 0. The fourth-order valence-corrected chi connectivity index (χ4v) is 4.53. The van der Waals surface area contributed by atoms with E-state index in [1.165, 1.54) is 38.5 Å². The molecule has 1 aliphatic heterocycles. The molecular formula is C26H20ClF2NO6. The standard InChI is InChI=1S/C26H20ClF2NO6/c1-12-8-15(25(36-3)16(27)9-12)23(32)21-22(13-4-7-20(35-2)19(31)10-13)30(26(34)24(21)33)14-5-6-17(28)18(29)11-14/h4-11,22,31-32H,1-3H3/b23-21+. The molecule has 1 atom stereocenters. The van der Waals surface area contributed by atoms with Crippen molar-refractivity contribution in [3.63, 3.8) is 0 Å². The second kappa shape index (κ2) is 9.50. The van der Waals surface area contributed by atoms with Crippen LogP contribution in [0.2, 0.25) is 5.02 Å². The lowest BCUT2D eigenvalue weighted by atomic mass is 9.94. The van der Waals surface area contributed by atoms with Gasteiger partial charge >= 0.3 is 0 Å². The second-order valence-electron chi connectivity index (χ2n) is 8.03. The van der Waals surface area contributed by atoms with E-state index in [1.807, 2.05) is 0 Å². The van der Waals surface area contributed by atoms with E-state index in [0.29, 0.717) is 5.56 Å². The van der Waals surface area contributed by atoms with Crippen molar-refractivity contribution in [2.75, 3.05) is 19.1 Å². The number of carbonyl (C=O) groups excluding carboxylic acids is 2. The molecule has 3 aromatic carbocycles. The van der Waals surface area contributed by atoms with Crippen molar-refractivity contribution < 1.29 is 38.1 Å². The Bertz CT molecular complexity index is 1440. The molecule has 0 aliphatic carbocycles. The largest absolute Gasteiger partial charge is 0.507 e. The van der Waals surface area contributed by atoms with Gasteiger partial charge in [-0.1, -0.05) is 17.7 Å². The van der Waals surface area contributed by atoms with Crippen LogP contribution in [0.4, 0.5) is 14.5 Å². The predicted octanol–water partition coefficient (Wildman–Crippen LogP) is 5.28. The van der Waals surface area contributed by atoms with Gasteiger partial charge in [-0.15, -0.1) is 0 Å². The summed E-state index contributed by atoms with van der Waals surface area (Å²) in [4.78, 5) is 27.4. The minimum atomic E-state index is -1.32. The average Bonchev–Trinajstić information content (AvgIpc) is 3.10. The Morgan fingerprint density at radius 3 is 2.33 bits per heavy atom. The molecule has 1 heterocycles. The molecule has 0 aromatic heterocycles. The number of carbonyl (C=O) groups is 2. The molecule has 1 amide bonds. The fourth-order valence-electron chi connectivity index (χ4n) is 4.18. The topological polar surface area (TPSA) is 96.3 Å². The van der Waals surface area contributed by atoms with E-state index >= 15 is 0 Å². The van der Waals surface area contributed by atoms with Gasteiger partial charge < -0.3 is 19.7 Å². The average molecular weight is 516 g/mol. The number of phenols is 1. The van der Waals surface area contributed by atoms with Gasteiger partial charge in [-0.2, -0.15) is 0 Å². The predicted molar refractivity (Wildman–Crippen MR) is 129 cm³/mol. The number of halogens is 3. The van der Waals surface area contributed by atoms with Crippen LogP contribution in [-0.4, -0.2) is 36.1 Å². The van der Waals surface area contributed by atoms with Crippen LogP contribution in [0.1, 0.15) is 22.7 Å². The zero-order chi connectivity index (χ0) is 26.3. The number of aryl methyl sites for hydroxylation is 1. The quantitative estimate of drug-likeness (QED) is 0.273. The van der Waals surface area contributed by atoms with Gasteiger partial charge in [-0.05, 0) is 54.4 Å². The van der Waals surface area contributed by atoms with Crippen LogP contribution in [0.25, 0.3) is 5.76 Å². The van der Waals surface area contributed by atoms with Crippen molar-refractivity contribution in [1.82, 2.24) is 0 Å². The van der Waals surface area contributed by atoms with Crippen LogP contribution in [0, 0.1) is 18.6 Å². The summed E-state index contributed by atoms with van der Waals surface area (Å²) in [5.41, 5.74) is 0.375. The number of Topliss-reactive ketones (excluding diaryl/α,β-unsaturated/α-hetero) is 1. The SMILES string of the molecule is COc1ccc(C2/C(=C(\O)c3cc(C)cc(Cl)c3OC)C(=O)C(=O)N2c2ccc(F)c(F)c2)cc1O. The van der Waals surface area contributed by atoms with Crippen molar-refractivity contribution >= 4 is 34.7 Å². The number of benzene rings is 3. The molecule has 186 valence electrons. The molecule has 1 saturated heterocycles. The molecule has 0 radical (unpaired) electrons. The maximum atomic E-state index is 14.1. The van der Waals surface area contributed by atoms with Gasteiger partial charge in [0.05, 0.1) is 36.4 Å². The molecule has 2 N–H and O–H groups in total. The molecule has 10 heteroatoms. The smallest absolute Gasteiger partial charge is 0.300 e. The summed E-state index contributed by atoms with van der Waals surface area (Å²) in [5, 5.41) is 21.9. The summed E-state index contributed by atoms with van der Waals surface area (Å²) in [7, 11) is 2.67. The first-order valence-electron chi connectivity index (χ1n) is 10.6. The van der Waals surface area contributed by atoms with E-state index < -0.39 is 35.1 Å². The van der Waals surface area contributed by atoms with Crippen LogP contribution >= 0.6 is 11.6 Å². The Labute approximate surface area is 209 Å². The monoisotopic (exact) mass is 515 g/mol. The first-order valence-corrected chi connectivity index (χ1v) is 10.9. The first kappa shape index (κ1) is 25.0. The number of rotatable bonds is 5. The number of phenolic OH excluding ortho intramolecular Hbond substituents is 1. The number of nitrogens with zero attached hydrogens (tertiary/aromatic N) is 1. The third kappa shape index (κ3) is 4.11. The number of hydrogen-bond acceptors (Lipinski definition) is 6. The summed E-state index contributed by atoms with van der Waals surface area (Å²) >= 11 is 6.27. The third-order valence-corrected chi connectivity index (χ3v) is 6.07. The van der Waals surface area contributed by atoms with E-state index in [0.717, 1.165) is 23.1 Å². The second-order valence-corrected chi connectivity index (χ2v) is 8.43. The van der Waals surface area contributed by atoms with Crippen LogP contribution in [-0.2, 0) is 9.59 Å². The summed E-state index contributed by atoms with van der Waals surface area (Å²) in [6, 6.07) is 8.62. The lowest BCUT2D eigenvalue weighted by Gasteiger charge is -2.26. The van der Waals surface area contributed by atoms with Crippen LogP contribution in [0.3, 0.4) is 0 Å². The number of hydrogen-bond donors (Lipinski definition) is 2. The molecule has 7 nitrogen and oxygen atoms in total. The van der Waals surface area contributed by atoms with Gasteiger partial charge in [0, 0.05) is 11.8 Å². The fraction of sp³-hybridized carbons (Fsp3) is 0.154. The van der Waals surface area contributed by atoms with E-state index in [-0.39, 0.29) is 44.7 Å². The highest BCUT2D eigenvalue weighted by Gasteiger charge is 2.47. The highest BCUT2D eigenvalue weighted by molar-refractivity contribution is 6.51. The van der Waals surface area contributed by atoms with Crippen LogP contribution in [0.5, 0.6) is 17.2 Å². The zero-order valence-electron chi connectivity index (χ0n) is 19.3. The number of anilines is 1. The minimum absolute atomic E-state index is 0.0496. The number of methoxy groups -OCH3 is 2. The Balaban J connectivity index is 2.03. The van der Waals surface area contributed by atoms with Gasteiger partial charge in [0.25, 0.3) is 11.7 Å². The van der Waals surface area contributed by atoms with E-state index in [9.17, 15) is 28.6 Å². The van der Waals surface area contributed by atoms with Crippen molar-refractivity contribution in [1.29, 1.82) is 0 Å². The van der Waals surface area contributed by atoms with Gasteiger partial charge in [-0.3, -0.25) is 14.5 Å². The van der Waals surface area contributed by atoms with Gasteiger partial charge in [0.15, 0.2) is 23.1 Å². The molecule has 1 unspecified atom stereocenters. The zero-order valence-corrected chi connectivity index (χ0v) is 20.1. The molecule has 0 spiro atoms. The first-order chi connectivity index (χ1) is 17.1. The minimum Gasteiger partial charge on any atom is -0.507 e. The molecule has 36 heavy (non-hydrogen) atoms. The maximum Gasteiger partial charge on any atom is 0.300 e. The van der Waals surface area contributed by atoms with E-state index in [4.69, 9.17) is 21.1 Å². The number of aromatic hydroxyl groups is 1. The summed E-state index contributed by atoms with van der Waals surface area (Å²) in [6.45, 7) is 1.71. The highest BCUT2D eigenvalue weighted by atomic mass is 35.5. The Kier molecular flexibility index (Phi) is 6.60. The number of aliphatic hydroxyl groups excluding tert-OH is 1.